The van der Waals surface area contributed by atoms with Crippen molar-refractivity contribution in [1.29, 1.82) is 0 Å². The second kappa shape index (κ2) is 70.4. The van der Waals surface area contributed by atoms with Crippen LogP contribution in [0.15, 0.2) is 89.8 Å². The zero-order valence-electron chi connectivity index (χ0n) is 75.9. The Morgan fingerprint density at radius 2 is 0.852 bits per heavy atom. The minimum Gasteiger partial charge on any atom is -0.463 e. The number of Topliss-reactive ketones (excluding diaryl/α,β-unsaturated/α-hetero) is 1. The van der Waals surface area contributed by atoms with Crippen molar-refractivity contribution >= 4 is 76.3 Å². The number of rotatable bonds is 24. The number of hydrogen-bond acceptors (Lipinski definition) is 25. The number of nitrogens with one attached hydrogen (secondary N) is 2. The van der Waals surface area contributed by atoms with Gasteiger partial charge in [0.15, 0.2) is 0 Å². The van der Waals surface area contributed by atoms with Crippen LogP contribution in [0.2, 0.25) is 0 Å². The number of benzene rings is 3. The summed E-state index contributed by atoms with van der Waals surface area (Å²) in [6.07, 6.45) is 1.43. The summed E-state index contributed by atoms with van der Waals surface area (Å²) in [5, 5.41) is 5.00. The van der Waals surface area contributed by atoms with E-state index < -0.39 is 16.3 Å². The standard InChI is InChI=1S/C12H17NO2.C11H15NO2.C10H14O3S.C8H14O3.C8H16O2.C7H12O2.C7H14O2.C6H13NO2.C6H12O3.C5H11NO2.C5H10O2/c1-10(2)15-12(14)13(3)9-11-7-5-4-6-8-11;1-9(2)14-11(13)12-8-10-6-4-3-5-7-10;1-8(2)13-14(11,12)10-6-4-9(3)5-7-10;1-6(2)11-8(10)5-4-7(3)9;1-6(2)10-7(9)8(3,4)5;1-5(2)9-7(8)6-3-4-6;1-4-5-7(8)9-6(2)3;1-5(2)9-6(8)7(3)4;1-4-8-6(7)9-5(2)3;1-4(2)8-5(7)6-3;1-4(2)7-5(3)6/h4-8,10H,9H2,1-3H3;3-7,9H,8H2,1-2H3,(H,12,13);4-8H,1-3H3;6H,4-5H2,1-3H3;6H,1-5H3;5-6H,3-4H2,1-2H3;6H,4-5H2,1-3H3;5H,1-4H3;5H,4H2,1-3H3;4H,1-3H3,(H,6,7);4H,1-3H3. The summed E-state index contributed by atoms with van der Waals surface area (Å²) in [5.41, 5.74) is 2.81. The van der Waals surface area contributed by atoms with E-state index in [0.717, 1.165) is 36.0 Å². The van der Waals surface area contributed by atoms with Gasteiger partial charge in [-0.1, -0.05) is 85.3 Å². The molecule has 1 fully saturated rings. The Balaban J connectivity index is -0.000000225. The fraction of sp³-hybridized carbons (Fsp3) is 0.659. The fourth-order valence-corrected chi connectivity index (χ4v) is 7.76. The highest BCUT2D eigenvalue weighted by Gasteiger charge is 2.31. The summed E-state index contributed by atoms with van der Waals surface area (Å²) >= 11 is 0. The van der Waals surface area contributed by atoms with Gasteiger partial charge >= 0.3 is 60.4 Å². The number of hydrogen-bond donors (Lipinski definition) is 2. The van der Waals surface area contributed by atoms with Crippen LogP contribution in [-0.2, 0) is 108 Å². The van der Waals surface area contributed by atoms with Gasteiger partial charge in [-0.05, 0) is 236 Å². The second-order valence-electron chi connectivity index (χ2n) is 29.5. The normalized spacial score (nSPS) is 10.8. The summed E-state index contributed by atoms with van der Waals surface area (Å²) in [4.78, 5) is 121. The lowest BCUT2D eigenvalue weighted by Crippen LogP contribution is -2.28. The first kappa shape index (κ1) is 119. The molecule has 0 atom stereocenters. The molecule has 2 N–H and O–H groups in total. The van der Waals surface area contributed by atoms with Gasteiger partial charge in [-0.3, -0.25) is 28.2 Å². The zero-order chi connectivity index (χ0) is 90.9. The van der Waals surface area contributed by atoms with Gasteiger partial charge in [0.05, 0.1) is 96.4 Å². The van der Waals surface area contributed by atoms with Crippen LogP contribution in [0.4, 0.5) is 24.0 Å². The number of alkyl carbamates (subject to hydrolysis) is 2. The maximum atomic E-state index is 11.5. The molecule has 0 unspecified atom stereocenters. The van der Waals surface area contributed by atoms with Gasteiger partial charge in [0.2, 0.25) is 0 Å². The molecule has 4 amide bonds. The van der Waals surface area contributed by atoms with Crippen LogP contribution in [0.3, 0.4) is 0 Å². The molecule has 0 aliphatic heterocycles. The second-order valence-corrected chi connectivity index (χ2v) is 31.1. The lowest BCUT2D eigenvalue weighted by molar-refractivity contribution is -0.157. The zero-order valence-corrected chi connectivity index (χ0v) is 76.7. The number of ketones is 1. The summed E-state index contributed by atoms with van der Waals surface area (Å²) in [6.45, 7) is 55.3. The highest BCUT2D eigenvalue weighted by molar-refractivity contribution is 7.86. The highest BCUT2D eigenvalue weighted by Crippen LogP contribution is 2.30. The first-order valence-electron chi connectivity index (χ1n) is 38.9. The molecular weight excluding hydrogens is 1510 g/mol. The van der Waals surface area contributed by atoms with Gasteiger partial charge in [0.1, 0.15) is 5.78 Å². The van der Waals surface area contributed by atoms with E-state index >= 15 is 0 Å². The molecule has 0 heterocycles. The average molecular weight is 1660 g/mol. The van der Waals surface area contributed by atoms with E-state index in [1.807, 2.05) is 192 Å². The quantitative estimate of drug-likeness (QED) is 0.0478. The lowest BCUT2D eigenvalue weighted by Gasteiger charge is -2.18. The summed E-state index contributed by atoms with van der Waals surface area (Å²) in [5.74, 6) is -0.483. The molecule has 1 saturated carbocycles. The van der Waals surface area contributed by atoms with Gasteiger partial charge in [0.25, 0.3) is 10.1 Å². The molecule has 1 aliphatic rings. The first-order valence-corrected chi connectivity index (χ1v) is 40.3. The van der Waals surface area contributed by atoms with Crippen LogP contribution in [-0.4, -0.2) is 186 Å². The molecule has 0 radical (unpaired) electrons. The van der Waals surface area contributed by atoms with Crippen LogP contribution < -0.4 is 10.6 Å². The Kier molecular flexibility index (Phi) is 72.9. The first-order chi connectivity index (χ1) is 52.9. The highest BCUT2D eigenvalue weighted by atomic mass is 32.2. The van der Waals surface area contributed by atoms with Gasteiger partial charge in [-0.2, -0.15) is 8.42 Å². The summed E-state index contributed by atoms with van der Waals surface area (Å²) in [7, 11) is 3.00. The van der Waals surface area contributed by atoms with Crippen LogP contribution in [0.25, 0.3) is 0 Å². The predicted octanol–water partition coefficient (Wildman–Crippen LogP) is 17.8. The molecule has 3 aromatic carbocycles. The monoisotopic (exact) mass is 1660 g/mol. The molecule has 115 heavy (non-hydrogen) atoms. The maximum absolute atomic E-state index is 11.5. The average Bonchev–Trinajstić information content (AvgIpc) is 1.58. The van der Waals surface area contributed by atoms with Crippen molar-refractivity contribution in [3.8, 4) is 0 Å². The molecule has 0 bridgehead atoms. The van der Waals surface area contributed by atoms with Gasteiger partial charge in [-0.15, -0.1) is 0 Å². The number of nitrogens with zero attached hydrogens (tertiary/aromatic N) is 2. The Morgan fingerprint density at radius 1 is 0.461 bits per heavy atom. The third-order valence-corrected chi connectivity index (χ3v) is 13.0. The van der Waals surface area contributed by atoms with Crippen LogP contribution in [0.1, 0.15) is 256 Å². The van der Waals surface area contributed by atoms with Gasteiger partial charge in [-0.25, -0.2) is 24.0 Å². The Labute approximate surface area is 690 Å². The molecule has 0 aromatic heterocycles. The van der Waals surface area contributed by atoms with E-state index in [1.165, 1.54) is 25.8 Å². The third kappa shape index (κ3) is 90.4. The molecule has 1 aliphatic carbocycles. The smallest absolute Gasteiger partial charge is 0.463 e. The molecule has 30 heteroatoms. The molecular formula is C85H148N4O25S. The number of aryl methyl sites for hydroxylation is 1. The molecule has 0 saturated heterocycles. The van der Waals surface area contributed by atoms with Crippen LogP contribution in [0, 0.1) is 18.3 Å². The number of esters is 5. The Hall–Kier alpha value is -9.06. The minimum atomic E-state index is -3.58. The summed E-state index contributed by atoms with van der Waals surface area (Å²) in [6, 6.07) is 26.1. The Bertz CT molecular complexity index is 3140. The fourth-order valence-electron chi connectivity index (χ4n) is 6.67. The summed E-state index contributed by atoms with van der Waals surface area (Å²) < 4.78 is 80.6. The van der Waals surface area contributed by atoms with Crippen molar-refractivity contribution < 1.29 is 117 Å². The molecule has 29 nitrogen and oxygen atoms in total. The van der Waals surface area contributed by atoms with E-state index in [4.69, 9.17) is 37.3 Å². The molecule has 664 valence electrons. The van der Waals surface area contributed by atoms with E-state index in [1.54, 1.807) is 113 Å². The molecule has 3 aromatic rings. The maximum Gasteiger partial charge on any atom is 0.508 e. The van der Waals surface area contributed by atoms with Crippen molar-refractivity contribution in [3.63, 3.8) is 0 Å². The number of amides is 4. The van der Waals surface area contributed by atoms with Crippen molar-refractivity contribution in [3.05, 3.63) is 102 Å². The SMILES string of the molecule is CC(=O)CCC(=O)OC(C)C.CC(=O)OC(C)C.CC(C)OC(=O)C(C)(C)C.CC(C)OC(=O)C1CC1.CC(C)OC(=O)N(C)C.CC(C)OC(=O)N(C)Cc1ccccc1.CC(C)OC(=O)NCc1ccccc1.CCCC(=O)OC(C)C.CCOC(=O)OC(C)C.CNC(=O)OC(C)C.Cc1ccc(S(=O)(=O)OC(C)C)cc1. The van der Waals surface area contributed by atoms with Crippen molar-refractivity contribution in [2.24, 2.45) is 11.3 Å². The van der Waals surface area contributed by atoms with Crippen molar-refractivity contribution in [1.82, 2.24) is 20.4 Å². The van der Waals surface area contributed by atoms with E-state index in [2.05, 4.69) is 29.6 Å². The third-order valence-electron chi connectivity index (χ3n) is 11.5. The van der Waals surface area contributed by atoms with E-state index in [9.17, 15) is 61.2 Å². The predicted molar refractivity (Wildman–Crippen MR) is 447 cm³/mol. The van der Waals surface area contributed by atoms with E-state index in [-0.39, 0.29) is 156 Å². The number of carbonyl (C=O) groups excluding carboxylic acids is 11. The Morgan fingerprint density at radius 3 is 1.16 bits per heavy atom. The van der Waals surface area contributed by atoms with Crippen molar-refractivity contribution in [2.45, 2.75) is 331 Å². The van der Waals surface area contributed by atoms with Gasteiger partial charge < -0.3 is 77.3 Å². The largest absolute Gasteiger partial charge is 0.508 e. The number of ether oxygens (including phenoxy) is 11. The van der Waals surface area contributed by atoms with Crippen LogP contribution in [0.5, 0.6) is 0 Å². The molecule has 4 rings (SSSR count). The minimum absolute atomic E-state index is 0.00766. The van der Waals surface area contributed by atoms with E-state index in [0.29, 0.717) is 26.1 Å². The van der Waals surface area contributed by atoms with Gasteiger partial charge in [0, 0.05) is 61.0 Å². The van der Waals surface area contributed by atoms with Crippen molar-refractivity contribution in [2.75, 3.05) is 34.8 Å². The topological polar surface area (TPSA) is 363 Å². The molecule has 0 spiro atoms. The lowest BCUT2D eigenvalue weighted by atomic mass is 9.97. The van der Waals surface area contributed by atoms with Crippen LogP contribution >= 0.6 is 0 Å². The number of carbonyl (C=O) groups is 11.